The molecule has 2 amide bonds. The van der Waals surface area contributed by atoms with Crippen LogP contribution in [0.3, 0.4) is 0 Å². The summed E-state index contributed by atoms with van der Waals surface area (Å²) < 4.78 is 0. The highest BCUT2D eigenvalue weighted by Gasteiger charge is 2.25. The topological polar surface area (TPSA) is 95.5 Å². The summed E-state index contributed by atoms with van der Waals surface area (Å²) in [6.45, 7) is 3.45. The van der Waals surface area contributed by atoms with Crippen molar-refractivity contribution in [2.75, 3.05) is 5.32 Å². The number of carbonyl (C=O) groups is 3. The van der Waals surface area contributed by atoms with Crippen LogP contribution in [0.2, 0.25) is 0 Å². The fraction of sp³-hybridized carbons (Fsp3) is 0.357. The van der Waals surface area contributed by atoms with E-state index in [0.717, 1.165) is 5.56 Å². The molecule has 2 rings (SSSR count). The van der Waals surface area contributed by atoms with Crippen molar-refractivity contribution in [2.24, 2.45) is 5.92 Å². The zero-order chi connectivity index (χ0) is 14.9. The molecule has 1 aliphatic heterocycles. The molecule has 0 bridgehead atoms. The first-order chi connectivity index (χ1) is 9.38. The fourth-order valence-corrected chi connectivity index (χ4v) is 2.09. The lowest BCUT2D eigenvalue weighted by atomic mass is 10.0. The number of amides is 2. The van der Waals surface area contributed by atoms with Gasteiger partial charge in [0.15, 0.2) is 0 Å². The number of rotatable bonds is 4. The van der Waals surface area contributed by atoms with Crippen molar-refractivity contribution in [1.82, 2.24) is 5.32 Å². The van der Waals surface area contributed by atoms with E-state index in [1.165, 1.54) is 0 Å². The number of hydrogen-bond acceptors (Lipinski definition) is 3. The van der Waals surface area contributed by atoms with E-state index in [9.17, 15) is 14.4 Å². The van der Waals surface area contributed by atoms with Gasteiger partial charge in [0.25, 0.3) is 5.91 Å². The number of carboxylic acids is 1. The van der Waals surface area contributed by atoms with Gasteiger partial charge in [0.1, 0.15) is 6.04 Å². The van der Waals surface area contributed by atoms with Crippen LogP contribution in [0.25, 0.3) is 0 Å². The first kappa shape index (κ1) is 14.0. The van der Waals surface area contributed by atoms with Gasteiger partial charge in [-0.2, -0.15) is 0 Å². The van der Waals surface area contributed by atoms with Crippen LogP contribution in [-0.2, 0) is 16.0 Å². The van der Waals surface area contributed by atoms with E-state index in [1.807, 2.05) is 0 Å². The van der Waals surface area contributed by atoms with Crippen LogP contribution in [0.4, 0.5) is 5.69 Å². The van der Waals surface area contributed by atoms with E-state index in [-0.39, 0.29) is 11.8 Å². The second-order valence-corrected chi connectivity index (χ2v) is 5.13. The normalized spacial score (nSPS) is 14.7. The van der Waals surface area contributed by atoms with Crippen LogP contribution in [0.15, 0.2) is 18.2 Å². The largest absolute Gasteiger partial charge is 0.480 e. The molecule has 20 heavy (non-hydrogen) atoms. The molecule has 1 atom stereocenters. The molecule has 106 valence electrons. The fourth-order valence-electron chi connectivity index (χ4n) is 2.09. The minimum absolute atomic E-state index is 0.108. The highest BCUT2D eigenvalue weighted by atomic mass is 16.4. The molecule has 3 N–H and O–H groups in total. The average molecular weight is 276 g/mol. The number of nitrogens with one attached hydrogen (secondary N) is 2. The van der Waals surface area contributed by atoms with Crippen molar-refractivity contribution in [2.45, 2.75) is 26.3 Å². The van der Waals surface area contributed by atoms with Gasteiger partial charge in [-0.1, -0.05) is 19.9 Å². The van der Waals surface area contributed by atoms with Crippen molar-refractivity contribution in [3.8, 4) is 0 Å². The van der Waals surface area contributed by atoms with E-state index >= 15 is 0 Å². The lowest BCUT2D eigenvalue weighted by molar-refractivity contribution is -0.140. The van der Waals surface area contributed by atoms with Crippen LogP contribution >= 0.6 is 0 Å². The Labute approximate surface area is 116 Å². The molecule has 0 aromatic heterocycles. The lowest BCUT2D eigenvalue weighted by Gasteiger charge is -2.18. The molecule has 0 fully saturated rings. The lowest BCUT2D eigenvalue weighted by Crippen LogP contribution is -2.44. The Morgan fingerprint density at radius 3 is 2.65 bits per heavy atom. The number of aliphatic carboxylic acids is 1. The van der Waals surface area contributed by atoms with Crippen molar-refractivity contribution in [3.05, 3.63) is 29.3 Å². The molecule has 0 radical (unpaired) electrons. The smallest absolute Gasteiger partial charge is 0.326 e. The van der Waals surface area contributed by atoms with Gasteiger partial charge in [0.05, 0.1) is 6.42 Å². The highest BCUT2D eigenvalue weighted by Crippen LogP contribution is 2.24. The third kappa shape index (κ3) is 2.79. The average Bonchev–Trinajstić information content (AvgIpc) is 2.73. The predicted molar refractivity (Wildman–Crippen MR) is 72.5 cm³/mol. The van der Waals surface area contributed by atoms with Crippen LogP contribution in [-0.4, -0.2) is 28.9 Å². The summed E-state index contributed by atoms with van der Waals surface area (Å²) in [6, 6.07) is 3.92. The van der Waals surface area contributed by atoms with Gasteiger partial charge < -0.3 is 15.7 Å². The molecular weight excluding hydrogens is 260 g/mol. The summed E-state index contributed by atoms with van der Waals surface area (Å²) in [4.78, 5) is 34.4. The summed E-state index contributed by atoms with van der Waals surface area (Å²) in [5.41, 5.74) is 1.78. The van der Waals surface area contributed by atoms with E-state index in [4.69, 9.17) is 5.11 Å². The van der Waals surface area contributed by atoms with Gasteiger partial charge in [-0.05, 0) is 23.6 Å². The summed E-state index contributed by atoms with van der Waals surface area (Å²) in [5, 5.41) is 14.2. The van der Waals surface area contributed by atoms with Gasteiger partial charge in [-0.25, -0.2) is 4.79 Å². The Bertz CT molecular complexity index is 581. The Morgan fingerprint density at radius 1 is 1.35 bits per heavy atom. The van der Waals surface area contributed by atoms with E-state index < -0.39 is 17.9 Å². The Kier molecular flexibility index (Phi) is 3.74. The summed E-state index contributed by atoms with van der Waals surface area (Å²) in [6.07, 6.45) is 0.307. The number of carboxylic acid groups (broad SMARTS) is 1. The molecule has 0 saturated heterocycles. The highest BCUT2D eigenvalue weighted by molar-refractivity contribution is 6.02. The first-order valence-corrected chi connectivity index (χ1v) is 6.35. The van der Waals surface area contributed by atoms with Crippen LogP contribution < -0.4 is 10.6 Å². The van der Waals surface area contributed by atoms with Crippen molar-refractivity contribution in [1.29, 1.82) is 0 Å². The van der Waals surface area contributed by atoms with Gasteiger partial charge in [-0.15, -0.1) is 0 Å². The predicted octanol–water partition coefficient (Wildman–Crippen LogP) is 1.02. The number of carbonyl (C=O) groups excluding carboxylic acids is 2. The van der Waals surface area contributed by atoms with Crippen molar-refractivity contribution in [3.63, 3.8) is 0 Å². The van der Waals surface area contributed by atoms with Crippen LogP contribution in [0, 0.1) is 5.92 Å². The SMILES string of the molecule is CC(C)[C@@H](NC(=O)c1ccc2c(c1)NC(=O)C2)C(=O)O. The van der Waals surface area contributed by atoms with Crippen LogP contribution in [0.1, 0.15) is 29.8 Å². The maximum absolute atomic E-state index is 12.1. The second-order valence-electron chi connectivity index (χ2n) is 5.13. The molecular formula is C14H16N2O4. The zero-order valence-corrected chi connectivity index (χ0v) is 11.3. The van der Waals surface area contributed by atoms with Gasteiger partial charge >= 0.3 is 5.97 Å². The molecule has 1 aromatic rings. The maximum Gasteiger partial charge on any atom is 0.326 e. The molecule has 6 heteroatoms. The van der Waals surface area contributed by atoms with E-state index in [0.29, 0.717) is 17.7 Å². The molecule has 1 heterocycles. The maximum atomic E-state index is 12.1. The van der Waals surface area contributed by atoms with E-state index in [1.54, 1.807) is 32.0 Å². The number of hydrogen-bond donors (Lipinski definition) is 3. The summed E-state index contributed by atoms with van der Waals surface area (Å²) in [7, 11) is 0. The third-order valence-corrected chi connectivity index (χ3v) is 3.22. The molecule has 0 spiro atoms. The minimum atomic E-state index is -1.07. The number of fused-ring (bicyclic) bond motifs is 1. The molecule has 0 aliphatic carbocycles. The first-order valence-electron chi connectivity index (χ1n) is 6.35. The Balaban J connectivity index is 2.16. The van der Waals surface area contributed by atoms with Gasteiger partial charge in [0, 0.05) is 11.3 Å². The van der Waals surface area contributed by atoms with Gasteiger partial charge in [0.2, 0.25) is 5.91 Å². The zero-order valence-electron chi connectivity index (χ0n) is 11.3. The molecule has 6 nitrogen and oxygen atoms in total. The van der Waals surface area contributed by atoms with Crippen molar-refractivity contribution < 1.29 is 19.5 Å². The van der Waals surface area contributed by atoms with Gasteiger partial charge in [-0.3, -0.25) is 9.59 Å². The minimum Gasteiger partial charge on any atom is -0.480 e. The quantitative estimate of drug-likeness (QED) is 0.765. The van der Waals surface area contributed by atoms with E-state index in [2.05, 4.69) is 10.6 Å². The van der Waals surface area contributed by atoms with Crippen LogP contribution in [0.5, 0.6) is 0 Å². The monoisotopic (exact) mass is 276 g/mol. The Hall–Kier alpha value is -2.37. The molecule has 0 unspecified atom stereocenters. The molecule has 0 saturated carbocycles. The number of anilines is 1. The molecule has 1 aliphatic rings. The van der Waals surface area contributed by atoms with Crippen molar-refractivity contribution >= 4 is 23.5 Å². The molecule has 1 aromatic carbocycles. The number of benzene rings is 1. The third-order valence-electron chi connectivity index (χ3n) is 3.22. The standard InChI is InChI=1S/C14H16N2O4/c1-7(2)12(14(19)20)16-13(18)9-4-3-8-6-11(17)15-10(8)5-9/h3-5,7,12H,6H2,1-2H3,(H,15,17)(H,16,18)(H,19,20)/t12-/m1/s1. The summed E-state index contributed by atoms with van der Waals surface area (Å²) >= 11 is 0. The Morgan fingerprint density at radius 2 is 2.05 bits per heavy atom. The second kappa shape index (κ2) is 5.32. The summed E-state index contributed by atoms with van der Waals surface area (Å²) in [5.74, 6) is -1.86.